The van der Waals surface area contributed by atoms with Gasteiger partial charge in [-0.15, -0.1) is 0 Å². The van der Waals surface area contributed by atoms with Crippen molar-refractivity contribution in [2.45, 2.75) is 26.3 Å². The first-order valence-electron chi connectivity index (χ1n) is 8.90. The number of aromatic nitrogens is 1. The minimum Gasteiger partial charge on any atom is -0.381 e. The van der Waals surface area contributed by atoms with E-state index in [0.29, 0.717) is 13.2 Å². The van der Waals surface area contributed by atoms with Crippen molar-refractivity contribution in [1.82, 2.24) is 4.98 Å². The molecule has 1 aromatic heterocycles. The quantitative estimate of drug-likeness (QED) is 0.875. The summed E-state index contributed by atoms with van der Waals surface area (Å²) in [6, 6.07) is 14.2. The van der Waals surface area contributed by atoms with Crippen LogP contribution in [0.5, 0.6) is 0 Å². The van der Waals surface area contributed by atoms with Gasteiger partial charge in [-0.3, -0.25) is 4.79 Å². The van der Waals surface area contributed by atoms with Crippen LogP contribution in [0.2, 0.25) is 0 Å². The minimum absolute atomic E-state index is 0.0404. The number of anilines is 2. The molecule has 1 amide bonds. The lowest BCUT2D eigenvalue weighted by Crippen LogP contribution is -2.28. The van der Waals surface area contributed by atoms with Crippen molar-refractivity contribution >= 4 is 17.4 Å². The molecule has 132 valence electrons. The number of carbonyl (C=O) groups excluding carboxylic acids is 1. The lowest BCUT2D eigenvalue weighted by atomic mass is 9.99. The molecule has 0 saturated carbocycles. The van der Waals surface area contributed by atoms with Crippen molar-refractivity contribution in [2.24, 2.45) is 5.92 Å². The van der Waals surface area contributed by atoms with Gasteiger partial charge in [0, 0.05) is 32.2 Å². The summed E-state index contributed by atoms with van der Waals surface area (Å²) in [6.07, 6.45) is 3.32. The lowest BCUT2D eigenvalue weighted by Gasteiger charge is -2.23. The van der Waals surface area contributed by atoms with Gasteiger partial charge in [0.2, 0.25) is 5.91 Å². The second kappa shape index (κ2) is 8.62. The van der Waals surface area contributed by atoms with E-state index in [9.17, 15) is 4.79 Å². The van der Waals surface area contributed by atoms with E-state index in [1.54, 1.807) is 6.20 Å². The summed E-state index contributed by atoms with van der Waals surface area (Å²) < 4.78 is 5.31. The molecule has 3 rings (SSSR count). The molecule has 1 aromatic carbocycles. The van der Waals surface area contributed by atoms with Gasteiger partial charge in [-0.2, -0.15) is 0 Å². The molecule has 25 heavy (non-hydrogen) atoms. The fourth-order valence-electron chi connectivity index (χ4n) is 3.01. The molecule has 2 heterocycles. The third-order valence-corrected chi connectivity index (χ3v) is 4.53. The minimum atomic E-state index is 0.0404. The van der Waals surface area contributed by atoms with Crippen molar-refractivity contribution in [3.63, 3.8) is 0 Å². The van der Waals surface area contributed by atoms with Crippen LogP contribution in [-0.2, 0) is 16.1 Å². The zero-order valence-electron chi connectivity index (χ0n) is 14.6. The summed E-state index contributed by atoms with van der Waals surface area (Å²) in [7, 11) is 0. The third-order valence-electron chi connectivity index (χ3n) is 4.53. The molecule has 0 radical (unpaired) electrons. The summed E-state index contributed by atoms with van der Waals surface area (Å²) in [5.74, 6) is 1.02. The summed E-state index contributed by atoms with van der Waals surface area (Å²) >= 11 is 0. The summed E-state index contributed by atoms with van der Waals surface area (Å²) in [4.78, 5) is 19.0. The molecule has 1 N–H and O–H groups in total. The lowest BCUT2D eigenvalue weighted by molar-refractivity contribution is -0.122. The molecule has 1 aliphatic rings. The fourth-order valence-corrected chi connectivity index (χ4v) is 3.01. The molecule has 0 bridgehead atoms. The highest BCUT2D eigenvalue weighted by atomic mass is 16.5. The first kappa shape index (κ1) is 17.4. The standard InChI is InChI=1S/C20H25N3O2/c1-2-23(15-16-6-4-3-5-7-16)19-9-8-18(14-21-19)22-20(24)17-10-12-25-13-11-17/h3-9,14,17H,2,10-13,15H2,1H3,(H,22,24). The number of carbonyl (C=O) groups is 1. The monoisotopic (exact) mass is 339 g/mol. The van der Waals surface area contributed by atoms with Crippen molar-refractivity contribution in [2.75, 3.05) is 30.0 Å². The van der Waals surface area contributed by atoms with Crippen LogP contribution in [-0.4, -0.2) is 30.6 Å². The van der Waals surface area contributed by atoms with Crippen LogP contribution in [0.1, 0.15) is 25.3 Å². The number of amides is 1. The van der Waals surface area contributed by atoms with Gasteiger partial charge in [-0.05, 0) is 37.5 Å². The van der Waals surface area contributed by atoms with Gasteiger partial charge >= 0.3 is 0 Å². The van der Waals surface area contributed by atoms with Crippen molar-refractivity contribution < 1.29 is 9.53 Å². The first-order chi connectivity index (χ1) is 12.3. The largest absolute Gasteiger partial charge is 0.381 e. The first-order valence-corrected chi connectivity index (χ1v) is 8.90. The Morgan fingerprint density at radius 3 is 2.60 bits per heavy atom. The molecule has 5 nitrogen and oxygen atoms in total. The van der Waals surface area contributed by atoms with Gasteiger partial charge in [0.05, 0.1) is 11.9 Å². The van der Waals surface area contributed by atoms with Crippen LogP contribution in [0.3, 0.4) is 0 Å². The Bertz CT molecular complexity index is 667. The van der Waals surface area contributed by atoms with Gasteiger partial charge in [-0.25, -0.2) is 4.98 Å². The van der Waals surface area contributed by atoms with E-state index >= 15 is 0 Å². The molecule has 0 unspecified atom stereocenters. The Labute approximate surface area is 149 Å². The highest BCUT2D eigenvalue weighted by Crippen LogP contribution is 2.20. The van der Waals surface area contributed by atoms with Gasteiger partial charge in [0.1, 0.15) is 5.82 Å². The molecule has 1 fully saturated rings. The Balaban J connectivity index is 1.61. The van der Waals surface area contributed by atoms with E-state index in [4.69, 9.17) is 4.74 Å². The number of nitrogens with zero attached hydrogens (tertiary/aromatic N) is 2. The molecule has 1 saturated heterocycles. The smallest absolute Gasteiger partial charge is 0.227 e. The van der Waals surface area contributed by atoms with Crippen LogP contribution in [0, 0.1) is 5.92 Å². The normalized spacial score (nSPS) is 14.9. The number of benzene rings is 1. The number of pyridine rings is 1. The van der Waals surface area contributed by atoms with E-state index in [-0.39, 0.29) is 11.8 Å². The van der Waals surface area contributed by atoms with E-state index in [2.05, 4.69) is 34.3 Å². The maximum Gasteiger partial charge on any atom is 0.227 e. The molecule has 0 spiro atoms. The van der Waals surface area contributed by atoms with Crippen LogP contribution in [0.25, 0.3) is 0 Å². The molecule has 5 heteroatoms. The highest BCUT2D eigenvalue weighted by Gasteiger charge is 2.21. The number of hydrogen-bond acceptors (Lipinski definition) is 4. The van der Waals surface area contributed by atoms with E-state index in [1.807, 2.05) is 30.3 Å². The summed E-state index contributed by atoms with van der Waals surface area (Å²) in [5.41, 5.74) is 2.00. The summed E-state index contributed by atoms with van der Waals surface area (Å²) in [6.45, 7) is 5.14. The zero-order chi connectivity index (χ0) is 17.5. The van der Waals surface area contributed by atoms with Gasteiger partial charge in [0.15, 0.2) is 0 Å². The second-order valence-corrected chi connectivity index (χ2v) is 6.28. The maximum atomic E-state index is 12.3. The van der Waals surface area contributed by atoms with E-state index in [0.717, 1.165) is 37.4 Å². The Morgan fingerprint density at radius 2 is 1.96 bits per heavy atom. The predicted octanol–water partition coefficient (Wildman–Crippen LogP) is 3.47. The topological polar surface area (TPSA) is 54.5 Å². The second-order valence-electron chi connectivity index (χ2n) is 6.28. The SMILES string of the molecule is CCN(Cc1ccccc1)c1ccc(NC(=O)C2CCOCC2)cn1. The Kier molecular flexibility index (Phi) is 6.01. The average Bonchev–Trinajstić information content (AvgIpc) is 2.68. The van der Waals surface area contributed by atoms with Crippen LogP contribution >= 0.6 is 0 Å². The van der Waals surface area contributed by atoms with Gasteiger partial charge in [0.25, 0.3) is 0 Å². The predicted molar refractivity (Wildman–Crippen MR) is 99.6 cm³/mol. The zero-order valence-corrected chi connectivity index (χ0v) is 14.6. The van der Waals surface area contributed by atoms with Crippen LogP contribution in [0.15, 0.2) is 48.7 Å². The number of ether oxygens (including phenoxy) is 1. The molecule has 1 aliphatic heterocycles. The van der Waals surface area contributed by atoms with Crippen LogP contribution < -0.4 is 10.2 Å². The fraction of sp³-hybridized carbons (Fsp3) is 0.400. The number of hydrogen-bond donors (Lipinski definition) is 1. The Hall–Kier alpha value is -2.40. The van der Waals surface area contributed by atoms with Crippen molar-refractivity contribution in [3.8, 4) is 0 Å². The average molecular weight is 339 g/mol. The third kappa shape index (κ3) is 4.79. The maximum absolute atomic E-state index is 12.3. The molecular formula is C20H25N3O2. The van der Waals surface area contributed by atoms with E-state index < -0.39 is 0 Å². The van der Waals surface area contributed by atoms with Crippen LogP contribution in [0.4, 0.5) is 11.5 Å². The summed E-state index contributed by atoms with van der Waals surface area (Å²) in [5, 5.41) is 2.97. The highest BCUT2D eigenvalue weighted by molar-refractivity contribution is 5.92. The number of nitrogens with one attached hydrogen (secondary N) is 1. The van der Waals surface area contributed by atoms with Gasteiger partial charge in [-0.1, -0.05) is 30.3 Å². The van der Waals surface area contributed by atoms with Gasteiger partial charge < -0.3 is 15.0 Å². The molecule has 0 atom stereocenters. The van der Waals surface area contributed by atoms with Crippen molar-refractivity contribution in [1.29, 1.82) is 0 Å². The molecule has 2 aromatic rings. The number of rotatable bonds is 6. The van der Waals surface area contributed by atoms with E-state index in [1.165, 1.54) is 5.56 Å². The Morgan fingerprint density at radius 1 is 1.20 bits per heavy atom. The molecule has 0 aliphatic carbocycles. The van der Waals surface area contributed by atoms with Crippen molar-refractivity contribution in [3.05, 3.63) is 54.2 Å². The molecular weight excluding hydrogens is 314 g/mol.